The molecule has 1 fully saturated rings. The number of carbonyl (C=O) groups is 1. The minimum absolute atomic E-state index is 0.0186. The van der Waals surface area contributed by atoms with Gasteiger partial charge in [-0.3, -0.25) is 4.79 Å². The van der Waals surface area contributed by atoms with Gasteiger partial charge < -0.3 is 24.8 Å². The number of carbonyl (C=O) groups excluding carboxylic acids is 1. The lowest BCUT2D eigenvalue weighted by molar-refractivity contribution is -0.0427. The van der Waals surface area contributed by atoms with Crippen LogP contribution in [0.25, 0.3) is 0 Å². The van der Waals surface area contributed by atoms with E-state index in [9.17, 15) is 4.79 Å². The monoisotopic (exact) mass is 294 g/mol. The van der Waals surface area contributed by atoms with E-state index in [0.29, 0.717) is 36.8 Å². The summed E-state index contributed by atoms with van der Waals surface area (Å²) >= 11 is 0. The Kier molecular flexibility index (Phi) is 5.03. The first-order valence-corrected chi connectivity index (χ1v) is 6.96. The number of nitrogens with two attached hydrogens (primary N) is 1. The first-order valence-electron chi connectivity index (χ1n) is 6.96. The van der Waals surface area contributed by atoms with Crippen molar-refractivity contribution in [2.75, 3.05) is 33.9 Å². The Labute approximate surface area is 124 Å². The van der Waals surface area contributed by atoms with Crippen molar-refractivity contribution in [3.8, 4) is 11.5 Å². The fourth-order valence-electron chi connectivity index (χ4n) is 2.45. The summed E-state index contributed by atoms with van der Waals surface area (Å²) in [6, 6.07) is 5.28. The fourth-order valence-corrected chi connectivity index (χ4v) is 2.45. The molecule has 6 heteroatoms. The van der Waals surface area contributed by atoms with Gasteiger partial charge in [-0.2, -0.15) is 0 Å². The van der Waals surface area contributed by atoms with Crippen molar-refractivity contribution in [2.45, 2.75) is 19.1 Å². The van der Waals surface area contributed by atoms with Crippen LogP contribution in [0.2, 0.25) is 0 Å². The Balaban J connectivity index is 2.34. The van der Waals surface area contributed by atoms with Crippen LogP contribution >= 0.6 is 0 Å². The van der Waals surface area contributed by atoms with Crippen molar-refractivity contribution in [3.63, 3.8) is 0 Å². The molecule has 0 radical (unpaired) electrons. The first kappa shape index (κ1) is 15.6. The quantitative estimate of drug-likeness (QED) is 0.893. The zero-order valence-corrected chi connectivity index (χ0v) is 12.7. The highest BCUT2D eigenvalue weighted by Crippen LogP contribution is 2.30. The molecule has 1 saturated heterocycles. The maximum atomic E-state index is 12.9. The molecular formula is C15H22N2O4. The van der Waals surface area contributed by atoms with Gasteiger partial charge in [-0.1, -0.05) is 6.07 Å². The second kappa shape index (κ2) is 6.78. The van der Waals surface area contributed by atoms with Gasteiger partial charge in [0.05, 0.1) is 33.0 Å². The molecular weight excluding hydrogens is 272 g/mol. The molecule has 1 aromatic rings. The number of morpholine rings is 1. The number of hydrogen-bond acceptors (Lipinski definition) is 5. The van der Waals surface area contributed by atoms with Crippen molar-refractivity contribution in [1.82, 2.24) is 4.90 Å². The van der Waals surface area contributed by atoms with Gasteiger partial charge in [0.2, 0.25) is 0 Å². The Hall–Kier alpha value is -1.79. The van der Waals surface area contributed by atoms with Crippen molar-refractivity contribution in [3.05, 3.63) is 23.8 Å². The lowest BCUT2D eigenvalue weighted by atomic mass is 10.1. The van der Waals surface area contributed by atoms with Crippen LogP contribution in [0.3, 0.4) is 0 Å². The van der Waals surface area contributed by atoms with Crippen LogP contribution in [0.4, 0.5) is 0 Å². The normalized spacial score (nSPS) is 22.0. The topological polar surface area (TPSA) is 74.0 Å². The predicted octanol–water partition coefficient (Wildman–Crippen LogP) is 0.892. The van der Waals surface area contributed by atoms with E-state index < -0.39 is 0 Å². The maximum Gasteiger partial charge on any atom is 0.261 e. The highest BCUT2D eigenvalue weighted by Gasteiger charge is 2.32. The van der Waals surface area contributed by atoms with Crippen LogP contribution in [0, 0.1) is 0 Å². The molecule has 6 nitrogen and oxygen atoms in total. The van der Waals surface area contributed by atoms with E-state index in [-0.39, 0.29) is 18.1 Å². The zero-order chi connectivity index (χ0) is 15.4. The van der Waals surface area contributed by atoms with Gasteiger partial charge in [0.15, 0.2) is 0 Å². The van der Waals surface area contributed by atoms with Crippen molar-refractivity contribution < 1.29 is 19.0 Å². The first-order chi connectivity index (χ1) is 10.1. The lowest BCUT2D eigenvalue weighted by Crippen LogP contribution is -2.53. The maximum absolute atomic E-state index is 12.9. The number of amides is 1. The lowest BCUT2D eigenvalue weighted by Gasteiger charge is -2.38. The molecule has 0 spiro atoms. The van der Waals surface area contributed by atoms with Gasteiger partial charge in [0, 0.05) is 13.1 Å². The zero-order valence-electron chi connectivity index (χ0n) is 12.7. The Morgan fingerprint density at radius 1 is 1.38 bits per heavy atom. The van der Waals surface area contributed by atoms with E-state index in [1.807, 2.05) is 6.92 Å². The third-order valence-corrected chi connectivity index (χ3v) is 3.67. The predicted molar refractivity (Wildman–Crippen MR) is 78.8 cm³/mol. The molecule has 21 heavy (non-hydrogen) atoms. The molecule has 0 saturated carbocycles. The van der Waals surface area contributed by atoms with E-state index in [0.717, 1.165) is 0 Å². The SMILES string of the molecule is COc1cccc(OC)c1C(=O)N1CC(CN)OCC1C. The summed E-state index contributed by atoms with van der Waals surface area (Å²) in [4.78, 5) is 14.7. The standard InChI is InChI=1S/C15H22N2O4/c1-10-9-21-11(7-16)8-17(10)15(18)14-12(19-2)5-4-6-13(14)20-3/h4-6,10-11H,7-9,16H2,1-3H3. The van der Waals surface area contributed by atoms with Gasteiger partial charge in [0.25, 0.3) is 5.91 Å². The van der Waals surface area contributed by atoms with Gasteiger partial charge >= 0.3 is 0 Å². The number of ether oxygens (including phenoxy) is 3. The van der Waals surface area contributed by atoms with Crippen LogP contribution in [0.15, 0.2) is 18.2 Å². The minimum Gasteiger partial charge on any atom is -0.496 e. The minimum atomic E-state index is -0.133. The van der Waals surface area contributed by atoms with Crippen LogP contribution in [0.1, 0.15) is 17.3 Å². The van der Waals surface area contributed by atoms with E-state index >= 15 is 0 Å². The largest absolute Gasteiger partial charge is 0.496 e. The average molecular weight is 294 g/mol. The summed E-state index contributed by atoms with van der Waals surface area (Å²) in [5.74, 6) is 0.878. The smallest absolute Gasteiger partial charge is 0.261 e. The molecule has 0 bridgehead atoms. The number of nitrogens with zero attached hydrogens (tertiary/aromatic N) is 1. The highest BCUT2D eigenvalue weighted by atomic mass is 16.5. The summed E-state index contributed by atoms with van der Waals surface area (Å²) < 4.78 is 16.2. The second-order valence-corrected chi connectivity index (χ2v) is 5.04. The molecule has 1 aliphatic rings. The molecule has 2 rings (SSSR count). The fraction of sp³-hybridized carbons (Fsp3) is 0.533. The number of hydrogen-bond donors (Lipinski definition) is 1. The van der Waals surface area contributed by atoms with Crippen molar-refractivity contribution in [1.29, 1.82) is 0 Å². The Morgan fingerprint density at radius 3 is 2.52 bits per heavy atom. The Bertz CT molecular complexity index is 484. The van der Waals surface area contributed by atoms with E-state index in [2.05, 4.69) is 0 Å². The van der Waals surface area contributed by atoms with E-state index in [1.165, 1.54) is 14.2 Å². The van der Waals surface area contributed by atoms with Gasteiger partial charge in [-0.25, -0.2) is 0 Å². The molecule has 0 aliphatic carbocycles. The van der Waals surface area contributed by atoms with Crippen molar-refractivity contribution >= 4 is 5.91 Å². The van der Waals surface area contributed by atoms with Crippen LogP contribution < -0.4 is 15.2 Å². The summed E-state index contributed by atoms with van der Waals surface area (Å²) in [6.45, 7) is 3.29. The van der Waals surface area contributed by atoms with Crippen LogP contribution in [0.5, 0.6) is 11.5 Å². The summed E-state index contributed by atoms with van der Waals surface area (Å²) in [7, 11) is 3.08. The molecule has 1 heterocycles. The molecule has 1 aromatic carbocycles. The second-order valence-electron chi connectivity index (χ2n) is 5.04. The summed E-state index contributed by atoms with van der Waals surface area (Å²) in [6.07, 6.45) is -0.133. The molecule has 116 valence electrons. The molecule has 1 amide bonds. The molecule has 0 aromatic heterocycles. The number of methoxy groups -OCH3 is 2. The Morgan fingerprint density at radius 2 is 2.00 bits per heavy atom. The van der Waals surface area contributed by atoms with Gasteiger partial charge in [-0.15, -0.1) is 0 Å². The highest BCUT2D eigenvalue weighted by molar-refractivity contribution is 6.00. The molecule has 2 unspecified atom stereocenters. The molecule has 2 atom stereocenters. The average Bonchev–Trinajstić information content (AvgIpc) is 2.53. The van der Waals surface area contributed by atoms with E-state index in [1.54, 1.807) is 23.1 Å². The number of benzene rings is 1. The summed E-state index contributed by atoms with van der Waals surface area (Å²) in [5.41, 5.74) is 6.09. The number of rotatable bonds is 4. The summed E-state index contributed by atoms with van der Waals surface area (Å²) in [5, 5.41) is 0. The third-order valence-electron chi connectivity index (χ3n) is 3.67. The third kappa shape index (κ3) is 3.11. The van der Waals surface area contributed by atoms with Crippen LogP contribution in [-0.4, -0.2) is 56.9 Å². The molecule has 1 aliphatic heterocycles. The van der Waals surface area contributed by atoms with E-state index in [4.69, 9.17) is 19.9 Å². The molecule has 2 N–H and O–H groups in total. The van der Waals surface area contributed by atoms with Gasteiger partial charge in [0.1, 0.15) is 17.1 Å². The van der Waals surface area contributed by atoms with Crippen molar-refractivity contribution in [2.24, 2.45) is 5.73 Å². The van der Waals surface area contributed by atoms with Crippen LogP contribution in [-0.2, 0) is 4.74 Å². The van der Waals surface area contributed by atoms with Gasteiger partial charge in [-0.05, 0) is 19.1 Å².